The van der Waals surface area contributed by atoms with Crippen LogP contribution in [-0.4, -0.2) is 24.6 Å². The van der Waals surface area contributed by atoms with Crippen LogP contribution in [0.2, 0.25) is 0 Å². The molecule has 0 unspecified atom stereocenters. The predicted molar refractivity (Wildman–Crippen MR) is 128 cm³/mol. The summed E-state index contributed by atoms with van der Waals surface area (Å²) in [4.78, 5) is 12.9. The fraction of sp³-hybridized carbons (Fsp3) is 0.0741. The van der Waals surface area contributed by atoms with Gasteiger partial charge in [-0.15, -0.1) is 0 Å². The van der Waals surface area contributed by atoms with Crippen molar-refractivity contribution in [3.63, 3.8) is 0 Å². The van der Waals surface area contributed by atoms with Crippen LogP contribution in [0.15, 0.2) is 107 Å². The molecule has 0 spiro atoms. The zero-order chi connectivity index (χ0) is 21.5. The summed E-state index contributed by atoms with van der Waals surface area (Å²) in [5.74, 6) is 1.44. The SMILES string of the molecule is C=NC(=NC)c1cccc(-c2ccc(-c3ccccc3OCc3ccccc3)nc2)c1. The summed E-state index contributed by atoms with van der Waals surface area (Å²) in [7, 11) is 1.71. The van der Waals surface area contributed by atoms with E-state index in [2.05, 4.69) is 34.9 Å². The van der Waals surface area contributed by atoms with Gasteiger partial charge in [-0.3, -0.25) is 9.98 Å². The highest BCUT2D eigenvalue weighted by molar-refractivity contribution is 6.02. The summed E-state index contributed by atoms with van der Waals surface area (Å²) >= 11 is 0. The number of hydrogen-bond acceptors (Lipinski definition) is 3. The highest BCUT2D eigenvalue weighted by atomic mass is 16.5. The Morgan fingerprint density at radius 1 is 0.871 bits per heavy atom. The van der Waals surface area contributed by atoms with Crippen LogP contribution in [0.25, 0.3) is 22.4 Å². The minimum Gasteiger partial charge on any atom is -0.488 e. The minimum atomic E-state index is 0.515. The van der Waals surface area contributed by atoms with Crippen LogP contribution in [0, 0.1) is 0 Å². The van der Waals surface area contributed by atoms with Gasteiger partial charge in [0.15, 0.2) is 5.84 Å². The van der Waals surface area contributed by atoms with E-state index in [-0.39, 0.29) is 0 Å². The second-order valence-corrected chi connectivity index (χ2v) is 6.99. The van der Waals surface area contributed by atoms with Crippen molar-refractivity contribution in [1.29, 1.82) is 0 Å². The van der Waals surface area contributed by atoms with Crippen LogP contribution in [-0.2, 0) is 6.61 Å². The van der Waals surface area contributed by atoms with Gasteiger partial charge in [-0.05, 0) is 42.1 Å². The van der Waals surface area contributed by atoms with E-state index in [0.717, 1.165) is 39.3 Å². The van der Waals surface area contributed by atoms with E-state index in [1.807, 2.05) is 79.0 Å². The Kier molecular flexibility index (Phi) is 6.29. The maximum atomic E-state index is 6.09. The lowest BCUT2D eigenvalue weighted by Crippen LogP contribution is -1.98. The number of aliphatic imine (C=N–C) groups is 2. The van der Waals surface area contributed by atoms with Crippen molar-refractivity contribution >= 4 is 12.6 Å². The van der Waals surface area contributed by atoms with Crippen LogP contribution in [0.5, 0.6) is 5.75 Å². The smallest absolute Gasteiger partial charge is 0.153 e. The normalized spacial score (nSPS) is 11.2. The number of benzene rings is 3. The summed E-state index contributed by atoms with van der Waals surface area (Å²) < 4.78 is 6.09. The fourth-order valence-electron chi connectivity index (χ4n) is 3.39. The van der Waals surface area contributed by atoms with Crippen molar-refractivity contribution in [3.05, 3.63) is 108 Å². The summed E-state index contributed by atoms with van der Waals surface area (Å²) in [5, 5.41) is 0. The maximum absolute atomic E-state index is 6.09. The molecule has 4 aromatic rings. The van der Waals surface area contributed by atoms with Gasteiger partial charge in [0.2, 0.25) is 0 Å². The van der Waals surface area contributed by atoms with Gasteiger partial charge >= 0.3 is 0 Å². The molecular formula is C27H23N3O. The topological polar surface area (TPSA) is 46.8 Å². The second-order valence-electron chi connectivity index (χ2n) is 6.99. The highest BCUT2D eigenvalue weighted by Crippen LogP contribution is 2.30. The average molecular weight is 406 g/mol. The van der Waals surface area contributed by atoms with E-state index in [1.165, 1.54) is 0 Å². The Balaban J connectivity index is 1.58. The summed E-state index contributed by atoms with van der Waals surface area (Å²) in [6.07, 6.45) is 1.88. The number of aromatic nitrogens is 1. The van der Waals surface area contributed by atoms with E-state index in [4.69, 9.17) is 9.72 Å². The monoisotopic (exact) mass is 405 g/mol. The molecule has 1 heterocycles. The first-order valence-corrected chi connectivity index (χ1v) is 10.0. The van der Waals surface area contributed by atoms with Gasteiger partial charge in [0.1, 0.15) is 12.4 Å². The molecule has 0 amide bonds. The molecule has 31 heavy (non-hydrogen) atoms. The van der Waals surface area contributed by atoms with E-state index in [0.29, 0.717) is 12.4 Å². The third-order valence-corrected chi connectivity index (χ3v) is 4.98. The largest absolute Gasteiger partial charge is 0.488 e. The van der Waals surface area contributed by atoms with Crippen molar-refractivity contribution in [2.45, 2.75) is 6.61 Å². The van der Waals surface area contributed by atoms with Gasteiger partial charge in [0.25, 0.3) is 0 Å². The summed E-state index contributed by atoms with van der Waals surface area (Å²) in [6.45, 7) is 4.11. The Hall–Kier alpha value is -4.05. The van der Waals surface area contributed by atoms with Crippen molar-refractivity contribution in [2.75, 3.05) is 7.05 Å². The van der Waals surface area contributed by atoms with E-state index in [1.54, 1.807) is 7.05 Å². The third-order valence-electron chi connectivity index (χ3n) is 4.98. The Morgan fingerprint density at radius 3 is 2.42 bits per heavy atom. The van der Waals surface area contributed by atoms with Gasteiger partial charge in [0.05, 0.1) is 5.69 Å². The van der Waals surface area contributed by atoms with Crippen LogP contribution in [0.4, 0.5) is 0 Å². The Bertz CT molecular complexity index is 1200. The standard InChI is InChI=1S/C27H23N3O/c1-28-27(29-2)22-12-8-11-21(17-22)23-15-16-25(30-18-23)24-13-6-7-14-26(24)31-19-20-9-4-3-5-10-20/h3-18H,1,19H2,2H3. The van der Waals surface area contributed by atoms with Crippen molar-refractivity contribution in [1.82, 2.24) is 4.98 Å². The van der Waals surface area contributed by atoms with Crippen molar-refractivity contribution in [3.8, 4) is 28.1 Å². The Labute approximate surface area is 182 Å². The molecule has 152 valence electrons. The molecule has 4 rings (SSSR count). The molecule has 0 radical (unpaired) electrons. The molecule has 1 aromatic heterocycles. The van der Waals surface area contributed by atoms with Crippen molar-refractivity contribution in [2.24, 2.45) is 9.98 Å². The number of nitrogens with zero attached hydrogens (tertiary/aromatic N) is 3. The molecule has 3 aromatic carbocycles. The van der Waals surface area contributed by atoms with E-state index in [9.17, 15) is 0 Å². The van der Waals surface area contributed by atoms with Gasteiger partial charge in [-0.1, -0.05) is 66.7 Å². The molecule has 0 fully saturated rings. The number of ether oxygens (including phenoxy) is 1. The first-order chi connectivity index (χ1) is 15.3. The lowest BCUT2D eigenvalue weighted by atomic mass is 10.0. The Morgan fingerprint density at radius 2 is 1.68 bits per heavy atom. The molecule has 0 aliphatic carbocycles. The molecule has 0 saturated heterocycles. The minimum absolute atomic E-state index is 0.515. The first kappa shape index (κ1) is 20.2. The van der Waals surface area contributed by atoms with Crippen LogP contribution in [0.1, 0.15) is 11.1 Å². The molecular weight excluding hydrogens is 382 g/mol. The molecule has 0 aliphatic rings. The third kappa shape index (κ3) is 4.75. The van der Waals surface area contributed by atoms with Gasteiger partial charge < -0.3 is 4.74 Å². The average Bonchev–Trinajstić information content (AvgIpc) is 2.85. The predicted octanol–water partition coefficient (Wildman–Crippen LogP) is 6.07. The molecule has 4 heteroatoms. The summed E-state index contributed by atoms with van der Waals surface area (Å²) in [6, 6.07) is 30.3. The summed E-state index contributed by atoms with van der Waals surface area (Å²) in [5.41, 5.74) is 5.97. The van der Waals surface area contributed by atoms with Gasteiger partial charge in [0, 0.05) is 29.9 Å². The molecule has 4 nitrogen and oxygen atoms in total. The zero-order valence-electron chi connectivity index (χ0n) is 17.4. The van der Waals surface area contributed by atoms with Crippen LogP contribution in [0.3, 0.4) is 0 Å². The number of hydrogen-bond donors (Lipinski definition) is 0. The van der Waals surface area contributed by atoms with Crippen LogP contribution >= 0.6 is 0 Å². The number of rotatable bonds is 6. The molecule has 0 aliphatic heterocycles. The van der Waals surface area contributed by atoms with Crippen LogP contribution < -0.4 is 4.74 Å². The maximum Gasteiger partial charge on any atom is 0.153 e. The zero-order valence-corrected chi connectivity index (χ0v) is 17.4. The van der Waals surface area contributed by atoms with Crippen molar-refractivity contribution < 1.29 is 4.74 Å². The quantitative estimate of drug-likeness (QED) is 0.289. The second kappa shape index (κ2) is 9.63. The number of para-hydroxylation sites is 1. The fourth-order valence-corrected chi connectivity index (χ4v) is 3.39. The first-order valence-electron chi connectivity index (χ1n) is 10.0. The lowest BCUT2D eigenvalue weighted by molar-refractivity contribution is 0.307. The van der Waals surface area contributed by atoms with E-state index < -0.39 is 0 Å². The number of amidine groups is 1. The lowest BCUT2D eigenvalue weighted by Gasteiger charge is -2.12. The van der Waals surface area contributed by atoms with Gasteiger partial charge in [-0.25, -0.2) is 4.99 Å². The highest BCUT2D eigenvalue weighted by Gasteiger charge is 2.09. The molecule has 0 N–H and O–H groups in total. The molecule has 0 saturated carbocycles. The molecule has 0 bridgehead atoms. The van der Waals surface area contributed by atoms with E-state index >= 15 is 0 Å². The van der Waals surface area contributed by atoms with Gasteiger partial charge in [-0.2, -0.15) is 0 Å². The number of pyridine rings is 1. The molecule has 0 atom stereocenters.